The highest BCUT2D eigenvalue weighted by Gasteiger charge is 2.19. The molecule has 0 bridgehead atoms. The van der Waals surface area contributed by atoms with Crippen LogP contribution in [0.25, 0.3) is 0 Å². The summed E-state index contributed by atoms with van der Waals surface area (Å²) in [6, 6.07) is -0.704. The Morgan fingerprint density at radius 1 is 1.48 bits per heavy atom. The van der Waals surface area contributed by atoms with Gasteiger partial charge >= 0.3 is 5.97 Å². The molecule has 6 nitrogen and oxygen atoms in total. The maximum atomic E-state index is 11.1. The average Bonchev–Trinajstić information content (AvgIpc) is 2.88. The number of nitrogens with one attached hydrogen (secondary N) is 1. The van der Waals surface area contributed by atoms with Gasteiger partial charge in [0.1, 0.15) is 6.04 Å². The summed E-state index contributed by atoms with van der Waals surface area (Å²) >= 11 is 0. The molecule has 21 heavy (non-hydrogen) atoms. The van der Waals surface area contributed by atoms with Crippen molar-refractivity contribution in [3.05, 3.63) is 30.5 Å². The quantitative estimate of drug-likeness (QED) is 0.715. The SMILES string of the molecule is C=C(CCN)NC(Cc1cncn1C)C(=O)O.CC.CC. The summed E-state index contributed by atoms with van der Waals surface area (Å²) in [5, 5.41) is 12.0. The third-order valence-electron chi connectivity index (χ3n) is 2.45. The summed E-state index contributed by atoms with van der Waals surface area (Å²) in [4.78, 5) is 15.1. The molecule has 0 aromatic carbocycles. The van der Waals surface area contributed by atoms with E-state index in [2.05, 4.69) is 16.9 Å². The normalized spacial score (nSPS) is 10.4. The van der Waals surface area contributed by atoms with Crippen LogP contribution in [0.1, 0.15) is 39.8 Å². The Labute approximate surface area is 128 Å². The predicted molar refractivity (Wildman–Crippen MR) is 87.0 cm³/mol. The Hall–Kier alpha value is -1.82. The molecule has 1 rings (SSSR count). The molecule has 122 valence electrons. The first-order chi connectivity index (χ1) is 10.0. The molecular weight excluding hydrogens is 268 g/mol. The maximum absolute atomic E-state index is 11.1. The van der Waals surface area contributed by atoms with Gasteiger partial charge in [-0.3, -0.25) is 0 Å². The molecule has 0 saturated heterocycles. The van der Waals surface area contributed by atoms with Crippen LogP contribution in [-0.4, -0.2) is 33.2 Å². The number of aromatic nitrogens is 2. The minimum absolute atomic E-state index is 0.357. The number of carboxylic acids is 1. The third kappa shape index (κ3) is 8.86. The Morgan fingerprint density at radius 2 is 2.05 bits per heavy atom. The molecular formula is C15H30N4O2. The number of aliphatic carboxylic acids is 1. The molecule has 1 aromatic heterocycles. The van der Waals surface area contributed by atoms with Gasteiger partial charge in [0.15, 0.2) is 0 Å². The van der Waals surface area contributed by atoms with Crippen LogP contribution in [0, 0.1) is 0 Å². The van der Waals surface area contributed by atoms with Gasteiger partial charge in [-0.1, -0.05) is 34.3 Å². The van der Waals surface area contributed by atoms with Crippen molar-refractivity contribution in [2.75, 3.05) is 6.54 Å². The number of carbonyl (C=O) groups is 1. The highest BCUT2D eigenvalue weighted by Crippen LogP contribution is 2.04. The minimum atomic E-state index is -0.913. The molecule has 0 radical (unpaired) electrons. The van der Waals surface area contributed by atoms with Crippen LogP contribution in [0.3, 0.4) is 0 Å². The van der Waals surface area contributed by atoms with Gasteiger partial charge in [-0.05, 0) is 13.0 Å². The van der Waals surface area contributed by atoms with Crippen molar-refractivity contribution in [3.63, 3.8) is 0 Å². The topological polar surface area (TPSA) is 93.2 Å². The van der Waals surface area contributed by atoms with E-state index in [1.165, 1.54) is 0 Å². The molecule has 0 amide bonds. The first-order valence-electron chi connectivity index (χ1n) is 7.37. The maximum Gasteiger partial charge on any atom is 0.326 e. The molecule has 0 aliphatic carbocycles. The summed E-state index contributed by atoms with van der Waals surface area (Å²) in [6.07, 6.45) is 4.22. The average molecular weight is 298 g/mol. The molecule has 1 unspecified atom stereocenters. The Balaban J connectivity index is 0. The number of carboxylic acid groups (broad SMARTS) is 1. The second-order valence-corrected chi connectivity index (χ2v) is 3.88. The van der Waals surface area contributed by atoms with Gasteiger partial charge in [-0.15, -0.1) is 0 Å². The van der Waals surface area contributed by atoms with Crippen molar-refractivity contribution in [3.8, 4) is 0 Å². The van der Waals surface area contributed by atoms with E-state index in [4.69, 9.17) is 10.8 Å². The second-order valence-electron chi connectivity index (χ2n) is 3.88. The molecule has 1 heterocycles. The van der Waals surface area contributed by atoms with Crippen molar-refractivity contribution >= 4 is 5.97 Å². The van der Waals surface area contributed by atoms with Crippen molar-refractivity contribution in [1.29, 1.82) is 0 Å². The molecule has 0 saturated carbocycles. The van der Waals surface area contributed by atoms with Crippen LogP contribution < -0.4 is 11.1 Å². The minimum Gasteiger partial charge on any atom is -0.480 e. The molecule has 4 N–H and O–H groups in total. The smallest absolute Gasteiger partial charge is 0.326 e. The number of hydrogen-bond acceptors (Lipinski definition) is 4. The van der Waals surface area contributed by atoms with Gasteiger partial charge in [0.25, 0.3) is 0 Å². The molecule has 0 aliphatic rings. The van der Waals surface area contributed by atoms with Crippen molar-refractivity contribution in [1.82, 2.24) is 14.9 Å². The predicted octanol–water partition coefficient (Wildman–Crippen LogP) is 1.92. The number of aryl methyl sites for hydroxylation is 1. The lowest BCUT2D eigenvalue weighted by atomic mass is 10.1. The summed E-state index contributed by atoms with van der Waals surface area (Å²) in [6.45, 7) is 12.2. The monoisotopic (exact) mass is 298 g/mol. The highest BCUT2D eigenvalue weighted by atomic mass is 16.4. The largest absolute Gasteiger partial charge is 0.480 e. The summed E-state index contributed by atoms with van der Waals surface area (Å²) in [5.74, 6) is -0.913. The zero-order valence-electron chi connectivity index (χ0n) is 13.9. The molecule has 0 spiro atoms. The second kappa shape index (κ2) is 13.2. The van der Waals surface area contributed by atoms with Crippen molar-refractivity contribution in [2.24, 2.45) is 12.8 Å². The number of nitrogens with two attached hydrogens (primary N) is 1. The van der Waals surface area contributed by atoms with Gasteiger partial charge in [0.2, 0.25) is 0 Å². The lowest BCUT2D eigenvalue weighted by molar-refractivity contribution is -0.139. The van der Waals surface area contributed by atoms with Crippen LogP contribution in [0.5, 0.6) is 0 Å². The van der Waals surface area contributed by atoms with Gasteiger partial charge in [-0.25, -0.2) is 9.78 Å². The third-order valence-corrected chi connectivity index (χ3v) is 2.45. The molecule has 1 aromatic rings. The fourth-order valence-corrected chi connectivity index (χ4v) is 1.48. The van der Waals surface area contributed by atoms with E-state index in [0.29, 0.717) is 25.1 Å². The number of imidazole rings is 1. The van der Waals surface area contributed by atoms with E-state index >= 15 is 0 Å². The van der Waals surface area contributed by atoms with Gasteiger partial charge in [0.05, 0.1) is 6.33 Å². The number of rotatable bonds is 7. The lowest BCUT2D eigenvalue weighted by Crippen LogP contribution is -2.38. The molecule has 0 fully saturated rings. The van der Waals surface area contributed by atoms with Crippen LogP contribution in [-0.2, 0) is 18.3 Å². The zero-order chi connectivity index (χ0) is 16.8. The van der Waals surface area contributed by atoms with E-state index in [0.717, 1.165) is 5.69 Å². The van der Waals surface area contributed by atoms with Crippen molar-refractivity contribution < 1.29 is 9.90 Å². The van der Waals surface area contributed by atoms with Crippen LogP contribution in [0.2, 0.25) is 0 Å². The van der Waals surface area contributed by atoms with E-state index in [9.17, 15) is 4.79 Å². The summed E-state index contributed by atoms with van der Waals surface area (Å²) in [7, 11) is 1.83. The Kier molecular flexibility index (Phi) is 13.5. The summed E-state index contributed by atoms with van der Waals surface area (Å²) < 4.78 is 1.79. The van der Waals surface area contributed by atoms with E-state index in [-0.39, 0.29) is 0 Å². The lowest BCUT2D eigenvalue weighted by Gasteiger charge is -2.17. The Morgan fingerprint density at radius 3 is 2.43 bits per heavy atom. The first-order valence-corrected chi connectivity index (χ1v) is 7.37. The first kappa shape index (κ1) is 21.5. The fourth-order valence-electron chi connectivity index (χ4n) is 1.48. The zero-order valence-corrected chi connectivity index (χ0v) is 13.9. The molecule has 6 heteroatoms. The van der Waals surface area contributed by atoms with E-state index in [1.807, 2.05) is 34.7 Å². The van der Waals surface area contributed by atoms with Gasteiger partial charge in [0, 0.05) is 31.1 Å². The fraction of sp³-hybridized carbons (Fsp3) is 0.600. The molecule has 1 atom stereocenters. The summed E-state index contributed by atoms with van der Waals surface area (Å²) in [5.41, 5.74) is 6.87. The van der Waals surface area contributed by atoms with Crippen molar-refractivity contribution in [2.45, 2.75) is 46.6 Å². The van der Waals surface area contributed by atoms with Crippen LogP contribution >= 0.6 is 0 Å². The van der Waals surface area contributed by atoms with Gasteiger partial charge < -0.3 is 20.7 Å². The number of nitrogens with zero attached hydrogens (tertiary/aromatic N) is 2. The Bertz CT molecular complexity index is 402. The van der Waals surface area contributed by atoms with Crippen LogP contribution in [0.4, 0.5) is 0 Å². The van der Waals surface area contributed by atoms with E-state index in [1.54, 1.807) is 17.1 Å². The molecule has 0 aliphatic heterocycles. The highest BCUT2D eigenvalue weighted by molar-refractivity contribution is 5.74. The van der Waals surface area contributed by atoms with Crippen LogP contribution in [0.15, 0.2) is 24.8 Å². The van der Waals surface area contributed by atoms with Gasteiger partial charge in [-0.2, -0.15) is 0 Å². The number of hydrogen-bond donors (Lipinski definition) is 3. The standard InChI is InChI=1S/C11H18N4O2.2C2H6/c1-8(3-4-12)14-10(11(16)17)5-9-6-13-7-15(9)2;2*1-2/h6-7,10,14H,1,3-5,12H2,2H3,(H,16,17);2*1-2H3. The van der Waals surface area contributed by atoms with E-state index < -0.39 is 12.0 Å².